The number of carbonyl (C=O) groups excluding carboxylic acids is 1. The van der Waals surface area contributed by atoms with Crippen LogP contribution < -0.4 is 5.32 Å². The van der Waals surface area contributed by atoms with Crippen molar-refractivity contribution in [1.82, 2.24) is 14.1 Å². The molecule has 0 bridgehead atoms. The highest BCUT2D eigenvalue weighted by Crippen LogP contribution is 1.94. The van der Waals surface area contributed by atoms with Crippen LogP contribution in [-0.2, 0) is 0 Å². The Labute approximate surface area is 81.0 Å². The van der Waals surface area contributed by atoms with Gasteiger partial charge < -0.3 is 5.32 Å². The van der Waals surface area contributed by atoms with Crippen LogP contribution >= 0.6 is 11.7 Å². The smallest absolute Gasteiger partial charge is 0.272 e. The standard InChI is InChI=1S/C8H11N3OS/c1-6(2)3-4-9-8(12)7-5-10-13-11-7/h3,5H,4H2,1-2H3,(H,9,12). The van der Waals surface area contributed by atoms with Gasteiger partial charge in [-0.3, -0.25) is 4.79 Å². The summed E-state index contributed by atoms with van der Waals surface area (Å²) in [6.07, 6.45) is 3.40. The van der Waals surface area contributed by atoms with Gasteiger partial charge in [0.15, 0.2) is 5.69 Å². The number of nitrogens with zero attached hydrogens (tertiary/aromatic N) is 2. The van der Waals surface area contributed by atoms with Crippen molar-refractivity contribution in [1.29, 1.82) is 0 Å². The predicted molar refractivity (Wildman–Crippen MR) is 51.7 cm³/mol. The molecule has 5 heteroatoms. The third-order valence-electron chi connectivity index (χ3n) is 1.37. The maximum atomic E-state index is 11.3. The van der Waals surface area contributed by atoms with Crippen LogP contribution in [0.15, 0.2) is 17.8 Å². The number of hydrogen-bond donors (Lipinski definition) is 1. The molecular formula is C8H11N3OS. The zero-order valence-corrected chi connectivity index (χ0v) is 8.39. The van der Waals surface area contributed by atoms with E-state index >= 15 is 0 Å². The molecule has 70 valence electrons. The van der Waals surface area contributed by atoms with Crippen LogP contribution in [0.4, 0.5) is 0 Å². The van der Waals surface area contributed by atoms with Crippen LogP contribution in [0, 0.1) is 0 Å². The van der Waals surface area contributed by atoms with Crippen molar-refractivity contribution in [2.45, 2.75) is 13.8 Å². The molecule has 1 aromatic rings. The van der Waals surface area contributed by atoms with Gasteiger partial charge in [-0.2, -0.15) is 8.75 Å². The van der Waals surface area contributed by atoms with Crippen LogP contribution in [0.1, 0.15) is 24.3 Å². The largest absolute Gasteiger partial charge is 0.347 e. The van der Waals surface area contributed by atoms with Gasteiger partial charge >= 0.3 is 0 Å². The molecule has 0 radical (unpaired) electrons. The van der Waals surface area contributed by atoms with Gasteiger partial charge in [-0.1, -0.05) is 11.6 Å². The number of aromatic nitrogens is 2. The minimum Gasteiger partial charge on any atom is -0.347 e. The normalized spacial score (nSPS) is 9.38. The molecule has 1 aromatic heterocycles. The Bertz CT molecular complexity index is 301. The fourth-order valence-corrected chi connectivity index (χ4v) is 1.12. The molecule has 0 aliphatic heterocycles. The zero-order valence-electron chi connectivity index (χ0n) is 7.57. The van der Waals surface area contributed by atoms with E-state index in [-0.39, 0.29) is 5.91 Å². The van der Waals surface area contributed by atoms with E-state index in [1.54, 1.807) is 0 Å². The number of hydrogen-bond acceptors (Lipinski definition) is 4. The van der Waals surface area contributed by atoms with E-state index in [1.165, 1.54) is 11.8 Å². The van der Waals surface area contributed by atoms with E-state index in [4.69, 9.17) is 0 Å². The summed E-state index contributed by atoms with van der Waals surface area (Å²) in [6.45, 7) is 4.51. The van der Waals surface area contributed by atoms with Crippen LogP contribution in [-0.4, -0.2) is 21.2 Å². The van der Waals surface area contributed by atoms with Gasteiger partial charge in [0, 0.05) is 6.54 Å². The molecule has 0 aromatic carbocycles. The van der Waals surface area contributed by atoms with Crippen molar-refractivity contribution in [2.75, 3.05) is 6.54 Å². The topological polar surface area (TPSA) is 54.9 Å². The SMILES string of the molecule is CC(C)=CCNC(=O)c1cnsn1. The van der Waals surface area contributed by atoms with E-state index < -0.39 is 0 Å². The summed E-state index contributed by atoms with van der Waals surface area (Å²) in [5.74, 6) is -0.175. The molecule has 1 heterocycles. The molecule has 13 heavy (non-hydrogen) atoms. The Kier molecular flexibility index (Phi) is 3.57. The van der Waals surface area contributed by atoms with E-state index in [9.17, 15) is 4.79 Å². The summed E-state index contributed by atoms with van der Waals surface area (Å²) in [6, 6.07) is 0. The first-order chi connectivity index (χ1) is 6.20. The third-order valence-corrected chi connectivity index (χ3v) is 1.84. The average molecular weight is 197 g/mol. The van der Waals surface area contributed by atoms with Crippen molar-refractivity contribution in [3.63, 3.8) is 0 Å². The van der Waals surface area contributed by atoms with E-state index in [0.29, 0.717) is 12.2 Å². The highest BCUT2D eigenvalue weighted by molar-refractivity contribution is 6.99. The van der Waals surface area contributed by atoms with E-state index in [0.717, 1.165) is 11.7 Å². The zero-order chi connectivity index (χ0) is 9.68. The average Bonchev–Trinajstić information content (AvgIpc) is 2.55. The fraction of sp³-hybridized carbons (Fsp3) is 0.375. The van der Waals surface area contributed by atoms with Gasteiger partial charge in [-0.25, -0.2) is 0 Å². The molecule has 0 saturated heterocycles. The molecule has 0 atom stereocenters. The van der Waals surface area contributed by atoms with Crippen LogP contribution in [0.3, 0.4) is 0 Å². The molecule has 0 spiro atoms. The molecule has 0 unspecified atom stereocenters. The van der Waals surface area contributed by atoms with Crippen molar-refractivity contribution in [2.24, 2.45) is 0 Å². The summed E-state index contributed by atoms with van der Waals surface area (Å²) >= 11 is 1.03. The summed E-state index contributed by atoms with van der Waals surface area (Å²) in [5, 5.41) is 2.71. The summed E-state index contributed by atoms with van der Waals surface area (Å²) < 4.78 is 7.55. The molecule has 0 saturated carbocycles. The maximum absolute atomic E-state index is 11.3. The maximum Gasteiger partial charge on any atom is 0.272 e. The van der Waals surface area contributed by atoms with Gasteiger partial charge in [0.1, 0.15) is 0 Å². The lowest BCUT2D eigenvalue weighted by Gasteiger charge is -1.97. The fourth-order valence-electron chi connectivity index (χ4n) is 0.703. The first kappa shape index (κ1) is 9.85. The molecule has 4 nitrogen and oxygen atoms in total. The third kappa shape index (κ3) is 3.33. The number of allylic oxidation sites excluding steroid dienone is 1. The predicted octanol–water partition coefficient (Wildman–Crippen LogP) is 1.23. The van der Waals surface area contributed by atoms with Crippen LogP contribution in [0.2, 0.25) is 0 Å². The molecule has 1 rings (SSSR count). The number of nitrogens with one attached hydrogen (secondary N) is 1. The molecule has 1 N–H and O–H groups in total. The lowest BCUT2D eigenvalue weighted by molar-refractivity contribution is 0.0954. The second-order valence-corrected chi connectivity index (χ2v) is 3.34. The quantitative estimate of drug-likeness (QED) is 0.741. The molecule has 1 amide bonds. The molecule has 0 aliphatic carbocycles. The minimum absolute atomic E-state index is 0.175. The van der Waals surface area contributed by atoms with Crippen molar-refractivity contribution < 1.29 is 4.79 Å². The van der Waals surface area contributed by atoms with Gasteiger partial charge in [0.05, 0.1) is 17.9 Å². The minimum atomic E-state index is -0.175. The van der Waals surface area contributed by atoms with Gasteiger partial charge in [-0.05, 0) is 13.8 Å². The van der Waals surface area contributed by atoms with Crippen molar-refractivity contribution in [3.8, 4) is 0 Å². The lowest BCUT2D eigenvalue weighted by atomic mass is 10.3. The Morgan fingerprint density at radius 2 is 2.46 bits per heavy atom. The second-order valence-electron chi connectivity index (χ2n) is 2.78. The van der Waals surface area contributed by atoms with Crippen molar-refractivity contribution >= 4 is 17.6 Å². The monoisotopic (exact) mass is 197 g/mol. The summed E-state index contributed by atoms with van der Waals surface area (Å²) in [4.78, 5) is 11.3. The summed E-state index contributed by atoms with van der Waals surface area (Å²) in [7, 11) is 0. The first-order valence-corrected chi connectivity index (χ1v) is 4.62. The Hall–Kier alpha value is -1.23. The van der Waals surface area contributed by atoms with Gasteiger partial charge in [-0.15, -0.1) is 0 Å². The summed E-state index contributed by atoms with van der Waals surface area (Å²) in [5.41, 5.74) is 1.56. The number of amides is 1. The lowest BCUT2D eigenvalue weighted by Crippen LogP contribution is -2.23. The van der Waals surface area contributed by atoms with Gasteiger partial charge in [0.2, 0.25) is 0 Å². The molecule has 0 fully saturated rings. The second kappa shape index (κ2) is 4.71. The molecular weight excluding hydrogens is 186 g/mol. The van der Waals surface area contributed by atoms with Crippen LogP contribution in [0.25, 0.3) is 0 Å². The first-order valence-electron chi connectivity index (χ1n) is 3.89. The molecule has 0 aliphatic rings. The van der Waals surface area contributed by atoms with E-state index in [1.807, 2.05) is 19.9 Å². The number of rotatable bonds is 3. The highest BCUT2D eigenvalue weighted by atomic mass is 32.1. The highest BCUT2D eigenvalue weighted by Gasteiger charge is 2.05. The van der Waals surface area contributed by atoms with Crippen molar-refractivity contribution in [3.05, 3.63) is 23.5 Å². The Morgan fingerprint density at radius 1 is 1.69 bits per heavy atom. The Morgan fingerprint density at radius 3 is 3.00 bits per heavy atom. The number of carbonyl (C=O) groups is 1. The van der Waals surface area contributed by atoms with E-state index in [2.05, 4.69) is 14.1 Å². The Balaban J connectivity index is 2.39. The van der Waals surface area contributed by atoms with Crippen LogP contribution in [0.5, 0.6) is 0 Å². The van der Waals surface area contributed by atoms with Gasteiger partial charge in [0.25, 0.3) is 5.91 Å².